The van der Waals surface area contributed by atoms with Gasteiger partial charge < -0.3 is 25.2 Å². The second-order valence-electron chi connectivity index (χ2n) is 7.94. The number of hydrogen-bond donors (Lipinski definition) is 2. The van der Waals surface area contributed by atoms with E-state index in [1.807, 2.05) is 20.8 Å². The number of nitrogens with two attached hydrogens (primary N) is 1. The highest BCUT2D eigenvalue weighted by Crippen LogP contribution is 2.29. The first-order valence-electron chi connectivity index (χ1n) is 9.11. The fourth-order valence-electron chi connectivity index (χ4n) is 2.95. The van der Waals surface area contributed by atoms with E-state index in [2.05, 4.69) is 9.97 Å². The van der Waals surface area contributed by atoms with Crippen LogP contribution in [-0.2, 0) is 11.2 Å². The van der Waals surface area contributed by atoms with Crippen molar-refractivity contribution in [3.05, 3.63) is 41.1 Å². The molecule has 0 saturated carbocycles. The van der Waals surface area contributed by atoms with Crippen LogP contribution < -0.4 is 15.4 Å². The van der Waals surface area contributed by atoms with Gasteiger partial charge in [-0.2, -0.15) is 9.97 Å². The minimum absolute atomic E-state index is 0.0424. The molecule has 1 aliphatic heterocycles. The number of hydrogen-bond acceptors (Lipinski definition) is 7. The third-order valence-corrected chi connectivity index (χ3v) is 4.37. The lowest BCUT2D eigenvalue weighted by atomic mass is 9.99. The van der Waals surface area contributed by atoms with Crippen LogP contribution in [0, 0.1) is 5.41 Å². The van der Waals surface area contributed by atoms with Gasteiger partial charge in [0.15, 0.2) is 6.29 Å². The zero-order chi connectivity index (χ0) is 20.5. The first kappa shape index (κ1) is 20.0. The molecule has 3 N–H and O–H groups in total. The summed E-state index contributed by atoms with van der Waals surface area (Å²) in [6.45, 7) is 7.00. The van der Waals surface area contributed by atoms with E-state index < -0.39 is 6.29 Å². The van der Waals surface area contributed by atoms with Gasteiger partial charge in [-0.15, -0.1) is 0 Å². The number of ether oxygens (including phenoxy) is 2. The van der Waals surface area contributed by atoms with Crippen molar-refractivity contribution in [2.24, 2.45) is 5.41 Å². The van der Waals surface area contributed by atoms with E-state index in [9.17, 15) is 9.90 Å². The standard InChI is InChI=1S/C20H26N4O4/c1-20(2,3)11-28-18(26)12-5-7-13(8-6-12)24-10-9-14-15(17(24)25)16(21)23-19(22-14)27-4/h5-8,18,26H,9-11H2,1-4H3,(H2,21,22,23). The van der Waals surface area contributed by atoms with Crippen molar-refractivity contribution in [3.63, 3.8) is 0 Å². The minimum Gasteiger partial charge on any atom is -0.467 e. The quantitative estimate of drug-likeness (QED) is 0.759. The molecule has 1 aromatic carbocycles. The van der Waals surface area contributed by atoms with Gasteiger partial charge in [0, 0.05) is 24.2 Å². The van der Waals surface area contributed by atoms with Gasteiger partial charge in [-0.3, -0.25) is 4.79 Å². The van der Waals surface area contributed by atoms with Crippen molar-refractivity contribution in [1.82, 2.24) is 9.97 Å². The summed E-state index contributed by atoms with van der Waals surface area (Å²) in [5.41, 5.74) is 8.15. The molecule has 3 rings (SSSR count). The molecule has 8 heteroatoms. The molecular weight excluding hydrogens is 360 g/mol. The Hall–Kier alpha value is -2.71. The van der Waals surface area contributed by atoms with Gasteiger partial charge in [-0.1, -0.05) is 32.9 Å². The smallest absolute Gasteiger partial charge is 0.318 e. The molecule has 150 valence electrons. The number of anilines is 2. The fraction of sp³-hybridized carbons (Fsp3) is 0.450. The molecule has 0 saturated heterocycles. The monoisotopic (exact) mass is 386 g/mol. The van der Waals surface area contributed by atoms with E-state index in [-0.39, 0.29) is 23.2 Å². The molecule has 0 spiro atoms. The first-order valence-corrected chi connectivity index (χ1v) is 9.11. The number of carbonyl (C=O) groups excluding carboxylic acids is 1. The van der Waals surface area contributed by atoms with Gasteiger partial charge in [0.25, 0.3) is 5.91 Å². The summed E-state index contributed by atoms with van der Waals surface area (Å²) in [7, 11) is 1.46. The summed E-state index contributed by atoms with van der Waals surface area (Å²) in [4.78, 5) is 22.8. The van der Waals surface area contributed by atoms with Crippen LogP contribution in [0.3, 0.4) is 0 Å². The van der Waals surface area contributed by atoms with Crippen molar-refractivity contribution >= 4 is 17.4 Å². The highest BCUT2D eigenvalue weighted by Gasteiger charge is 2.30. The SMILES string of the molecule is COc1nc(N)c2c(n1)CCN(c1ccc(C(O)OCC(C)(C)C)cc1)C2=O. The zero-order valence-corrected chi connectivity index (χ0v) is 16.6. The molecule has 1 atom stereocenters. The number of nitrogens with zero attached hydrogens (tertiary/aromatic N) is 3. The number of benzene rings is 1. The van der Waals surface area contributed by atoms with Gasteiger partial charge >= 0.3 is 6.01 Å². The van der Waals surface area contributed by atoms with Gasteiger partial charge in [0.2, 0.25) is 0 Å². The van der Waals surface area contributed by atoms with E-state index in [4.69, 9.17) is 15.2 Å². The molecule has 2 aromatic rings. The Morgan fingerprint density at radius 2 is 1.93 bits per heavy atom. The van der Waals surface area contributed by atoms with Crippen LogP contribution >= 0.6 is 0 Å². The van der Waals surface area contributed by atoms with E-state index in [1.165, 1.54) is 7.11 Å². The zero-order valence-electron chi connectivity index (χ0n) is 16.6. The highest BCUT2D eigenvalue weighted by molar-refractivity contribution is 6.10. The normalized spacial score (nSPS) is 15.3. The Morgan fingerprint density at radius 1 is 1.25 bits per heavy atom. The average Bonchev–Trinajstić information content (AvgIpc) is 2.65. The molecule has 1 amide bonds. The number of rotatable bonds is 5. The summed E-state index contributed by atoms with van der Waals surface area (Å²) in [6.07, 6.45) is -0.467. The number of fused-ring (bicyclic) bond motifs is 1. The highest BCUT2D eigenvalue weighted by atomic mass is 16.6. The van der Waals surface area contributed by atoms with Crippen LogP contribution in [0.4, 0.5) is 11.5 Å². The van der Waals surface area contributed by atoms with Crippen LogP contribution in [0.25, 0.3) is 0 Å². The van der Waals surface area contributed by atoms with E-state index in [0.717, 1.165) is 0 Å². The predicted octanol–water partition coefficient (Wildman–Crippen LogP) is 2.32. The van der Waals surface area contributed by atoms with Crippen molar-refractivity contribution in [3.8, 4) is 6.01 Å². The maximum absolute atomic E-state index is 12.9. The molecule has 28 heavy (non-hydrogen) atoms. The van der Waals surface area contributed by atoms with Crippen LogP contribution in [0.5, 0.6) is 6.01 Å². The molecule has 8 nitrogen and oxygen atoms in total. The van der Waals surface area contributed by atoms with E-state index >= 15 is 0 Å². The number of nitrogen functional groups attached to an aromatic ring is 1. The minimum atomic E-state index is -1.01. The molecular formula is C20H26N4O4. The Kier molecular flexibility index (Phi) is 5.53. The summed E-state index contributed by atoms with van der Waals surface area (Å²) in [5.74, 6) is -0.141. The average molecular weight is 386 g/mol. The van der Waals surface area contributed by atoms with Crippen LogP contribution in [0.1, 0.15) is 48.7 Å². The lowest BCUT2D eigenvalue weighted by Crippen LogP contribution is -2.39. The van der Waals surface area contributed by atoms with Crippen LogP contribution in [-0.4, -0.2) is 41.2 Å². The summed E-state index contributed by atoms with van der Waals surface area (Å²) in [6, 6.07) is 7.22. The van der Waals surface area contributed by atoms with Gasteiger partial charge in [0.05, 0.1) is 19.4 Å². The maximum Gasteiger partial charge on any atom is 0.318 e. The molecule has 0 aliphatic carbocycles. The van der Waals surface area contributed by atoms with E-state index in [0.29, 0.717) is 42.1 Å². The lowest BCUT2D eigenvalue weighted by molar-refractivity contribution is -0.122. The largest absolute Gasteiger partial charge is 0.467 e. The van der Waals surface area contributed by atoms with E-state index in [1.54, 1.807) is 29.2 Å². The topological polar surface area (TPSA) is 111 Å². The van der Waals surface area contributed by atoms with Crippen LogP contribution in [0.15, 0.2) is 24.3 Å². The molecule has 1 aliphatic rings. The molecule has 0 fully saturated rings. The Bertz CT molecular complexity index is 862. The van der Waals surface area contributed by atoms with Crippen LogP contribution in [0.2, 0.25) is 0 Å². The van der Waals surface area contributed by atoms with Gasteiger partial charge in [-0.25, -0.2) is 0 Å². The molecule has 1 aromatic heterocycles. The number of aromatic nitrogens is 2. The third kappa shape index (κ3) is 4.23. The van der Waals surface area contributed by atoms with Crippen molar-refractivity contribution in [2.75, 3.05) is 30.9 Å². The van der Waals surface area contributed by atoms with Crippen molar-refractivity contribution in [1.29, 1.82) is 0 Å². The number of aliphatic hydroxyl groups is 1. The summed E-state index contributed by atoms with van der Waals surface area (Å²) >= 11 is 0. The molecule has 0 bridgehead atoms. The second-order valence-corrected chi connectivity index (χ2v) is 7.94. The lowest BCUT2D eigenvalue weighted by Gasteiger charge is -2.29. The Labute approximate surface area is 164 Å². The molecule has 0 radical (unpaired) electrons. The number of methoxy groups -OCH3 is 1. The summed E-state index contributed by atoms with van der Waals surface area (Å²) < 4.78 is 10.5. The number of aliphatic hydroxyl groups excluding tert-OH is 1. The number of carbonyl (C=O) groups is 1. The summed E-state index contributed by atoms with van der Waals surface area (Å²) in [5, 5.41) is 10.2. The molecule has 2 heterocycles. The van der Waals surface area contributed by atoms with Gasteiger partial charge in [-0.05, 0) is 17.5 Å². The first-order chi connectivity index (χ1) is 13.2. The Morgan fingerprint density at radius 3 is 2.54 bits per heavy atom. The van der Waals surface area contributed by atoms with Crippen molar-refractivity contribution < 1.29 is 19.4 Å². The Balaban J connectivity index is 1.77. The number of amides is 1. The maximum atomic E-state index is 12.9. The third-order valence-electron chi connectivity index (χ3n) is 4.37. The predicted molar refractivity (Wildman–Crippen MR) is 105 cm³/mol. The van der Waals surface area contributed by atoms with Gasteiger partial charge in [0.1, 0.15) is 11.4 Å². The second kappa shape index (κ2) is 7.73. The fourth-order valence-corrected chi connectivity index (χ4v) is 2.95. The molecule has 1 unspecified atom stereocenters. The van der Waals surface area contributed by atoms with Crippen molar-refractivity contribution in [2.45, 2.75) is 33.5 Å².